The Morgan fingerprint density at radius 3 is 2.72 bits per heavy atom. The first kappa shape index (κ1) is 28.3. The number of carbonyl (C=O) groups is 1. The van der Waals surface area contributed by atoms with Crippen molar-refractivity contribution >= 4 is 17.4 Å². The van der Waals surface area contributed by atoms with E-state index in [9.17, 15) is 9.18 Å². The summed E-state index contributed by atoms with van der Waals surface area (Å²) in [5.74, 6) is 1.39. The summed E-state index contributed by atoms with van der Waals surface area (Å²) in [6.45, 7) is 5.57. The molecule has 208 valence electrons. The Morgan fingerprint density at radius 2 is 1.92 bits per heavy atom. The van der Waals surface area contributed by atoms with Gasteiger partial charge in [-0.15, -0.1) is 0 Å². The molecule has 0 saturated carbocycles. The lowest BCUT2D eigenvalue weighted by Gasteiger charge is -2.31. The number of hydrogen-bond donors (Lipinski definition) is 2. The number of aromatic nitrogens is 3. The van der Waals surface area contributed by atoms with Crippen molar-refractivity contribution in [1.82, 2.24) is 19.9 Å². The summed E-state index contributed by atoms with van der Waals surface area (Å²) in [6.07, 6.45) is 5.08. The van der Waals surface area contributed by atoms with Crippen LogP contribution in [0.15, 0.2) is 48.8 Å². The summed E-state index contributed by atoms with van der Waals surface area (Å²) in [4.78, 5) is 27.8. The monoisotopic (exact) mass is 538 g/mol. The molecule has 1 aromatic carbocycles. The van der Waals surface area contributed by atoms with E-state index < -0.39 is 0 Å². The maximum Gasteiger partial charge on any atom is 0.219 e. The number of piperidine rings is 1. The fraction of sp³-hybridized carbons (Fsp3) is 0.429. The van der Waals surface area contributed by atoms with E-state index >= 15 is 0 Å². The number of carbonyl (C=O) groups excluding carboxylic acids is 1. The Morgan fingerprint density at radius 1 is 1.10 bits per heavy atom. The minimum Gasteiger partial charge on any atom is -0.490 e. The minimum absolute atomic E-state index is 0.0194. The second-order valence-electron chi connectivity index (χ2n) is 9.21. The first-order chi connectivity index (χ1) is 19.0. The molecule has 3 N–H and O–H groups in total. The van der Waals surface area contributed by atoms with Gasteiger partial charge in [-0.05, 0) is 37.1 Å². The molecular formula is C28H35FN6O4. The fourth-order valence-electron chi connectivity index (χ4n) is 4.31. The Labute approximate surface area is 227 Å². The summed E-state index contributed by atoms with van der Waals surface area (Å²) in [5.41, 5.74) is 7.35. The molecule has 11 heteroatoms. The number of hydrogen-bond acceptors (Lipinski definition) is 9. The lowest BCUT2D eigenvalue weighted by Crippen LogP contribution is -2.38. The number of likely N-dealkylation sites (tertiary alicyclic amines) is 1. The maximum absolute atomic E-state index is 13.8. The molecule has 1 fully saturated rings. The van der Waals surface area contributed by atoms with Crippen molar-refractivity contribution < 1.29 is 23.4 Å². The molecule has 1 amide bonds. The normalized spacial score (nSPS) is 15.3. The molecule has 3 heterocycles. The Kier molecular flexibility index (Phi) is 10.5. The third kappa shape index (κ3) is 8.67. The van der Waals surface area contributed by atoms with E-state index in [0.29, 0.717) is 74.9 Å². The van der Waals surface area contributed by atoms with Gasteiger partial charge in [0.1, 0.15) is 29.8 Å². The molecule has 2 aromatic heterocycles. The van der Waals surface area contributed by atoms with Crippen LogP contribution >= 0.6 is 0 Å². The molecule has 1 atom stereocenters. The number of benzene rings is 1. The van der Waals surface area contributed by atoms with Crippen LogP contribution in [0, 0.1) is 5.82 Å². The third-order valence-electron chi connectivity index (χ3n) is 6.21. The van der Waals surface area contributed by atoms with Crippen LogP contribution in [0.1, 0.15) is 31.5 Å². The van der Waals surface area contributed by atoms with Crippen LogP contribution in [-0.2, 0) is 14.3 Å². The number of halogens is 1. The second-order valence-corrected chi connectivity index (χ2v) is 9.21. The number of rotatable bonds is 13. The molecule has 1 aliphatic heterocycles. The zero-order valence-corrected chi connectivity index (χ0v) is 22.1. The highest BCUT2D eigenvalue weighted by Gasteiger charge is 2.26. The average Bonchev–Trinajstić information content (AvgIpc) is 2.94. The van der Waals surface area contributed by atoms with Crippen LogP contribution in [0.2, 0.25) is 0 Å². The molecule has 0 aliphatic carbocycles. The second kappa shape index (κ2) is 14.5. The first-order valence-corrected chi connectivity index (χ1v) is 13.1. The number of nitrogens with one attached hydrogen (secondary N) is 1. The Hall–Kier alpha value is -3.67. The van der Waals surface area contributed by atoms with Crippen LogP contribution in [0.25, 0.3) is 11.3 Å². The molecule has 39 heavy (non-hydrogen) atoms. The predicted octanol–water partition coefficient (Wildman–Crippen LogP) is 3.52. The SMILES string of the molecule is CC(=O)N1CCCC(c2nc(Nc3cccc(F)c3)cc(-c3cncc(OCCOCCOCCN)c3)n2)C1. The number of nitrogens with zero attached hydrogens (tertiary/aromatic N) is 4. The van der Waals surface area contributed by atoms with Crippen LogP contribution < -0.4 is 15.8 Å². The average molecular weight is 539 g/mol. The molecule has 0 spiro atoms. The Balaban J connectivity index is 1.51. The van der Waals surface area contributed by atoms with Crippen LogP contribution in [0.4, 0.5) is 15.9 Å². The molecule has 1 aliphatic rings. The van der Waals surface area contributed by atoms with E-state index in [1.54, 1.807) is 37.5 Å². The standard InChI is InChI=1S/C28H35FN6O4/c1-20(36)35-8-3-4-21(19-35)28-33-26(16-27(34-28)32-24-6-2-5-23(29)15-24)22-14-25(18-31-17-22)39-13-12-38-11-10-37-9-7-30/h2,5-6,14-18,21H,3-4,7-13,19,30H2,1H3,(H,32,33,34). The molecule has 3 aromatic rings. The quantitative estimate of drug-likeness (QED) is 0.315. The van der Waals surface area contributed by atoms with E-state index in [1.165, 1.54) is 12.1 Å². The van der Waals surface area contributed by atoms with Gasteiger partial charge in [-0.3, -0.25) is 9.78 Å². The molecule has 1 unspecified atom stereocenters. The lowest BCUT2D eigenvalue weighted by atomic mass is 9.97. The lowest BCUT2D eigenvalue weighted by molar-refractivity contribution is -0.130. The Bertz CT molecular complexity index is 1230. The minimum atomic E-state index is -0.347. The summed E-state index contributed by atoms with van der Waals surface area (Å²) >= 11 is 0. The van der Waals surface area contributed by atoms with Crippen molar-refractivity contribution in [2.45, 2.75) is 25.7 Å². The number of ether oxygens (including phenoxy) is 3. The van der Waals surface area contributed by atoms with E-state index in [-0.39, 0.29) is 17.6 Å². The van der Waals surface area contributed by atoms with E-state index in [2.05, 4.69) is 10.3 Å². The van der Waals surface area contributed by atoms with Gasteiger partial charge in [0.15, 0.2) is 0 Å². The molecule has 4 rings (SSSR count). The third-order valence-corrected chi connectivity index (χ3v) is 6.21. The van der Waals surface area contributed by atoms with Crippen molar-refractivity contribution in [3.05, 3.63) is 60.4 Å². The molecular weight excluding hydrogens is 503 g/mol. The number of amides is 1. The van der Waals surface area contributed by atoms with Gasteiger partial charge in [0, 0.05) is 56.0 Å². The number of anilines is 2. The molecule has 0 radical (unpaired) electrons. The van der Waals surface area contributed by atoms with Gasteiger partial charge in [-0.1, -0.05) is 6.07 Å². The van der Waals surface area contributed by atoms with Gasteiger partial charge in [-0.2, -0.15) is 0 Å². The molecule has 10 nitrogen and oxygen atoms in total. The van der Waals surface area contributed by atoms with Crippen LogP contribution in [0.5, 0.6) is 5.75 Å². The van der Waals surface area contributed by atoms with Gasteiger partial charge in [0.25, 0.3) is 0 Å². The number of pyridine rings is 1. The van der Waals surface area contributed by atoms with Gasteiger partial charge in [0.05, 0.1) is 38.3 Å². The van der Waals surface area contributed by atoms with Crippen LogP contribution in [-0.4, -0.2) is 78.4 Å². The van der Waals surface area contributed by atoms with Gasteiger partial charge in [0.2, 0.25) is 5.91 Å². The van der Waals surface area contributed by atoms with E-state index in [1.807, 2.05) is 11.0 Å². The molecule has 1 saturated heterocycles. The topological polar surface area (TPSA) is 125 Å². The van der Waals surface area contributed by atoms with Gasteiger partial charge in [-0.25, -0.2) is 14.4 Å². The van der Waals surface area contributed by atoms with Crippen molar-refractivity contribution in [3.8, 4) is 17.0 Å². The molecule has 0 bridgehead atoms. The zero-order chi connectivity index (χ0) is 27.5. The fourth-order valence-corrected chi connectivity index (χ4v) is 4.31. The highest BCUT2D eigenvalue weighted by molar-refractivity contribution is 5.73. The van der Waals surface area contributed by atoms with E-state index in [0.717, 1.165) is 24.9 Å². The smallest absolute Gasteiger partial charge is 0.219 e. The summed E-state index contributed by atoms with van der Waals surface area (Å²) in [6, 6.07) is 9.85. The largest absolute Gasteiger partial charge is 0.490 e. The van der Waals surface area contributed by atoms with Gasteiger partial charge < -0.3 is 30.2 Å². The van der Waals surface area contributed by atoms with Crippen molar-refractivity contribution in [2.75, 3.05) is 58.0 Å². The highest BCUT2D eigenvalue weighted by Crippen LogP contribution is 2.30. The van der Waals surface area contributed by atoms with Gasteiger partial charge >= 0.3 is 0 Å². The summed E-state index contributed by atoms with van der Waals surface area (Å²) in [5, 5.41) is 3.19. The van der Waals surface area contributed by atoms with E-state index in [4.69, 9.17) is 29.9 Å². The first-order valence-electron chi connectivity index (χ1n) is 13.1. The van der Waals surface area contributed by atoms with Crippen molar-refractivity contribution in [1.29, 1.82) is 0 Å². The number of nitrogens with two attached hydrogens (primary N) is 1. The highest BCUT2D eigenvalue weighted by atomic mass is 19.1. The zero-order valence-electron chi connectivity index (χ0n) is 22.1. The maximum atomic E-state index is 13.8. The summed E-state index contributed by atoms with van der Waals surface area (Å²) < 4.78 is 30.4. The summed E-state index contributed by atoms with van der Waals surface area (Å²) in [7, 11) is 0. The predicted molar refractivity (Wildman–Crippen MR) is 145 cm³/mol. The van der Waals surface area contributed by atoms with Crippen molar-refractivity contribution in [3.63, 3.8) is 0 Å². The van der Waals surface area contributed by atoms with Crippen LogP contribution in [0.3, 0.4) is 0 Å². The van der Waals surface area contributed by atoms with Crippen molar-refractivity contribution in [2.24, 2.45) is 5.73 Å².